The lowest BCUT2D eigenvalue weighted by Gasteiger charge is -2.34. The van der Waals surface area contributed by atoms with Gasteiger partial charge in [0.2, 0.25) is 0 Å². The number of amides is 4. The molecule has 0 saturated carbocycles. The van der Waals surface area contributed by atoms with Crippen molar-refractivity contribution < 1.29 is 19.1 Å². The minimum Gasteiger partial charge on any atom is -0.443 e. The van der Waals surface area contributed by atoms with Crippen molar-refractivity contribution in [1.29, 1.82) is 0 Å². The van der Waals surface area contributed by atoms with Crippen LogP contribution < -0.4 is 5.43 Å². The Bertz CT molecular complexity index is 390. The number of carbonyl (C=O) groups excluding carboxylic acids is 3. The molecule has 0 spiro atoms. The van der Waals surface area contributed by atoms with Crippen LogP contribution in [0.15, 0.2) is 0 Å². The molecular formula is C13H23N3O4. The van der Waals surface area contributed by atoms with Crippen molar-refractivity contribution in [2.24, 2.45) is 0 Å². The molecule has 20 heavy (non-hydrogen) atoms. The van der Waals surface area contributed by atoms with Gasteiger partial charge in [0.1, 0.15) is 5.60 Å². The maximum atomic E-state index is 12.1. The number of hydrogen-bond donors (Lipinski definition) is 1. The molecule has 0 atom stereocenters. The van der Waals surface area contributed by atoms with Crippen LogP contribution in [0.3, 0.4) is 0 Å². The average molecular weight is 285 g/mol. The maximum Gasteiger partial charge on any atom is 0.427 e. The monoisotopic (exact) mass is 285 g/mol. The number of hydrazine groups is 1. The molecule has 114 valence electrons. The normalized spacial score (nSPS) is 16.4. The topological polar surface area (TPSA) is 79.0 Å². The Morgan fingerprint density at radius 3 is 2.55 bits per heavy atom. The molecule has 7 nitrogen and oxygen atoms in total. The zero-order valence-corrected chi connectivity index (χ0v) is 12.6. The van der Waals surface area contributed by atoms with Gasteiger partial charge in [0.15, 0.2) is 0 Å². The summed E-state index contributed by atoms with van der Waals surface area (Å²) in [5.41, 5.74) is 1.53. The zero-order chi connectivity index (χ0) is 15.3. The highest BCUT2D eigenvalue weighted by Gasteiger charge is 2.34. The van der Waals surface area contributed by atoms with Crippen molar-refractivity contribution in [2.45, 2.75) is 52.6 Å². The predicted octanol–water partition coefficient (Wildman–Crippen LogP) is 1.88. The van der Waals surface area contributed by atoms with Crippen LogP contribution in [0.2, 0.25) is 0 Å². The van der Waals surface area contributed by atoms with E-state index >= 15 is 0 Å². The van der Waals surface area contributed by atoms with E-state index in [2.05, 4.69) is 5.43 Å². The van der Waals surface area contributed by atoms with Gasteiger partial charge in [0, 0.05) is 19.5 Å². The SMILES string of the molecule is CCCCN1CCC(=O)N(NC(=O)OC(C)(C)C)C1=O. The largest absolute Gasteiger partial charge is 0.443 e. The summed E-state index contributed by atoms with van der Waals surface area (Å²) in [6, 6.07) is -0.499. The second-order valence-corrected chi connectivity index (χ2v) is 5.72. The quantitative estimate of drug-likeness (QED) is 0.855. The van der Waals surface area contributed by atoms with E-state index < -0.39 is 23.6 Å². The van der Waals surface area contributed by atoms with Gasteiger partial charge in [-0.3, -0.25) is 4.79 Å². The number of rotatable bonds is 4. The molecule has 0 aromatic rings. The van der Waals surface area contributed by atoms with Gasteiger partial charge in [0.25, 0.3) is 5.91 Å². The molecule has 0 unspecified atom stereocenters. The molecule has 0 aromatic heterocycles. The van der Waals surface area contributed by atoms with E-state index in [1.54, 1.807) is 25.7 Å². The van der Waals surface area contributed by atoms with Crippen LogP contribution in [-0.2, 0) is 9.53 Å². The number of nitrogens with zero attached hydrogens (tertiary/aromatic N) is 2. The van der Waals surface area contributed by atoms with Gasteiger partial charge < -0.3 is 9.64 Å². The number of unbranched alkanes of at least 4 members (excludes halogenated alkanes) is 1. The molecule has 4 amide bonds. The number of carbonyl (C=O) groups is 3. The summed E-state index contributed by atoms with van der Waals surface area (Å²) in [5, 5.41) is 0.743. The lowest BCUT2D eigenvalue weighted by atomic mass is 10.2. The molecule has 0 aromatic carbocycles. The van der Waals surface area contributed by atoms with Crippen LogP contribution in [0, 0.1) is 0 Å². The van der Waals surface area contributed by atoms with E-state index in [0.717, 1.165) is 17.9 Å². The lowest BCUT2D eigenvalue weighted by molar-refractivity contribution is -0.133. The Balaban J connectivity index is 2.64. The molecule has 0 aliphatic carbocycles. The molecule has 1 heterocycles. The Hall–Kier alpha value is -1.79. The number of imide groups is 1. The molecular weight excluding hydrogens is 262 g/mol. The summed E-state index contributed by atoms with van der Waals surface area (Å²) in [7, 11) is 0. The Labute approximate surface area is 119 Å². The fourth-order valence-corrected chi connectivity index (χ4v) is 1.74. The Morgan fingerprint density at radius 1 is 1.35 bits per heavy atom. The van der Waals surface area contributed by atoms with Gasteiger partial charge in [-0.15, -0.1) is 0 Å². The molecule has 1 aliphatic rings. The number of nitrogens with one attached hydrogen (secondary N) is 1. The second-order valence-electron chi connectivity index (χ2n) is 5.72. The highest BCUT2D eigenvalue weighted by molar-refractivity contribution is 5.97. The van der Waals surface area contributed by atoms with Crippen LogP contribution in [0.25, 0.3) is 0 Å². The lowest BCUT2D eigenvalue weighted by Crippen LogP contribution is -2.59. The summed E-state index contributed by atoms with van der Waals surface area (Å²) >= 11 is 0. The molecule has 1 fully saturated rings. The van der Waals surface area contributed by atoms with E-state index in [0.29, 0.717) is 13.1 Å². The minimum absolute atomic E-state index is 0.200. The first-order valence-corrected chi connectivity index (χ1v) is 6.86. The fraction of sp³-hybridized carbons (Fsp3) is 0.769. The molecule has 1 saturated heterocycles. The van der Waals surface area contributed by atoms with Crippen molar-refractivity contribution in [2.75, 3.05) is 13.1 Å². The van der Waals surface area contributed by atoms with Gasteiger partial charge in [0.05, 0.1) is 0 Å². The van der Waals surface area contributed by atoms with E-state index in [1.165, 1.54) is 0 Å². The van der Waals surface area contributed by atoms with Crippen molar-refractivity contribution in [3.05, 3.63) is 0 Å². The molecule has 1 N–H and O–H groups in total. The highest BCUT2D eigenvalue weighted by atomic mass is 16.6. The summed E-state index contributed by atoms with van der Waals surface area (Å²) in [5.74, 6) is -0.423. The number of hydrogen-bond acceptors (Lipinski definition) is 4. The third-order valence-corrected chi connectivity index (χ3v) is 2.69. The van der Waals surface area contributed by atoms with Crippen LogP contribution in [0.1, 0.15) is 47.0 Å². The van der Waals surface area contributed by atoms with E-state index in [1.807, 2.05) is 6.92 Å². The summed E-state index contributed by atoms with van der Waals surface area (Å²) in [6.07, 6.45) is 1.21. The van der Waals surface area contributed by atoms with Gasteiger partial charge in [-0.25, -0.2) is 15.0 Å². The first-order valence-electron chi connectivity index (χ1n) is 6.86. The standard InChI is InChI=1S/C13H23N3O4/c1-5-6-8-15-9-7-10(17)16(12(15)19)14-11(18)20-13(2,3)4/h5-9H2,1-4H3,(H,14,18). The molecule has 0 bridgehead atoms. The van der Waals surface area contributed by atoms with Crippen molar-refractivity contribution in [3.8, 4) is 0 Å². The number of ether oxygens (including phenoxy) is 1. The number of urea groups is 1. The highest BCUT2D eigenvalue weighted by Crippen LogP contribution is 2.11. The summed E-state index contributed by atoms with van der Waals surface area (Å²) in [6.45, 7) is 8.12. The summed E-state index contributed by atoms with van der Waals surface area (Å²) < 4.78 is 5.04. The van der Waals surface area contributed by atoms with Crippen LogP contribution >= 0.6 is 0 Å². The van der Waals surface area contributed by atoms with Crippen molar-refractivity contribution in [3.63, 3.8) is 0 Å². The molecule has 7 heteroatoms. The predicted molar refractivity (Wildman–Crippen MR) is 72.7 cm³/mol. The van der Waals surface area contributed by atoms with Gasteiger partial charge in [-0.1, -0.05) is 13.3 Å². The van der Waals surface area contributed by atoms with E-state index in [4.69, 9.17) is 4.74 Å². The van der Waals surface area contributed by atoms with E-state index in [-0.39, 0.29) is 6.42 Å². The first-order chi connectivity index (χ1) is 9.24. The van der Waals surface area contributed by atoms with E-state index in [9.17, 15) is 14.4 Å². The smallest absolute Gasteiger partial charge is 0.427 e. The molecule has 0 radical (unpaired) electrons. The van der Waals surface area contributed by atoms with Crippen LogP contribution in [0.5, 0.6) is 0 Å². The molecule has 1 aliphatic heterocycles. The third kappa shape index (κ3) is 4.71. The van der Waals surface area contributed by atoms with Crippen molar-refractivity contribution >= 4 is 18.0 Å². The Kier molecular flexibility index (Phi) is 5.35. The molecule has 1 rings (SSSR count). The maximum absolute atomic E-state index is 12.1. The fourth-order valence-electron chi connectivity index (χ4n) is 1.74. The third-order valence-electron chi connectivity index (χ3n) is 2.69. The first kappa shape index (κ1) is 16.3. The summed E-state index contributed by atoms with van der Waals surface area (Å²) in [4.78, 5) is 37.0. The zero-order valence-electron chi connectivity index (χ0n) is 12.6. The second kappa shape index (κ2) is 6.58. The van der Waals surface area contributed by atoms with Gasteiger partial charge in [-0.2, -0.15) is 5.01 Å². The van der Waals surface area contributed by atoms with Crippen LogP contribution in [-0.4, -0.2) is 46.6 Å². The van der Waals surface area contributed by atoms with Gasteiger partial charge >= 0.3 is 12.1 Å². The van der Waals surface area contributed by atoms with Gasteiger partial charge in [-0.05, 0) is 27.2 Å². The van der Waals surface area contributed by atoms with Crippen molar-refractivity contribution in [1.82, 2.24) is 15.3 Å². The minimum atomic E-state index is -0.809. The average Bonchev–Trinajstić information content (AvgIpc) is 2.31. The Morgan fingerprint density at radius 2 is 2.00 bits per heavy atom. The van der Waals surface area contributed by atoms with Crippen LogP contribution in [0.4, 0.5) is 9.59 Å².